The number of thioether (sulfide) groups is 1. The van der Waals surface area contributed by atoms with Gasteiger partial charge in [-0.05, 0) is 49.2 Å². The van der Waals surface area contributed by atoms with Crippen LogP contribution in [0.1, 0.15) is 12.0 Å². The summed E-state index contributed by atoms with van der Waals surface area (Å²) >= 11 is 1.91. The van der Waals surface area contributed by atoms with Gasteiger partial charge in [0.2, 0.25) is 10.0 Å². The highest BCUT2D eigenvalue weighted by molar-refractivity contribution is 7.99. The molecule has 2 aromatic carbocycles. The average Bonchev–Trinajstić information content (AvgIpc) is 3.23. The standard InChI is InChI=1S/C21H28N4O2S2/c1-22-21(24-14-17-8-10-20(11-9-17)29(26,27)23-2)25-13-12-18(15-25)16-28-19-6-4-3-5-7-19/h3-11,18,23H,12-16H2,1-2H3,(H,22,24). The molecule has 0 radical (unpaired) electrons. The number of aliphatic imine (C=N–C) groups is 1. The van der Waals surface area contributed by atoms with Crippen LogP contribution in [0.25, 0.3) is 0 Å². The van der Waals surface area contributed by atoms with Crippen LogP contribution in [0, 0.1) is 5.92 Å². The lowest BCUT2D eigenvalue weighted by atomic mass is 10.2. The predicted octanol–water partition coefficient (Wildman–Crippen LogP) is 2.78. The highest BCUT2D eigenvalue weighted by Crippen LogP contribution is 2.25. The number of sulfonamides is 1. The molecule has 1 saturated heterocycles. The molecule has 1 atom stereocenters. The molecule has 2 N–H and O–H groups in total. The van der Waals surface area contributed by atoms with Crippen LogP contribution in [0.2, 0.25) is 0 Å². The molecule has 0 spiro atoms. The van der Waals surface area contributed by atoms with Gasteiger partial charge in [-0.15, -0.1) is 11.8 Å². The van der Waals surface area contributed by atoms with Crippen molar-refractivity contribution in [1.82, 2.24) is 14.9 Å². The zero-order chi connectivity index (χ0) is 20.7. The van der Waals surface area contributed by atoms with E-state index < -0.39 is 10.0 Å². The molecule has 0 saturated carbocycles. The van der Waals surface area contributed by atoms with Gasteiger partial charge in [-0.3, -0.25) is 4.99 Å². The zero-order valence-corrected chi connectivity index (χ0v) is 18.5. The molecule has 0 aliphatic carbocycles. The van der Waals surface area contributed by atoms with Crippen LogP contribution in [0.3, 0.4) is 0 Å². The van der Waals surface area contributed by atoms with Crippen molar-refractivity contribution >= 4 is 27.7 Å². The lowest BCUT2D eigenvalue weighted by molar-refractivity contribution is 0.474. The Kier molecular flexibility index (Phi) is 7.57. The summed E-state index contributed by atoms with van der Waals surface area (Å²) < 4.78 is 26.0. The third kappa shape index (κ3) is 5.98. The second kappa shape index (κ2) is 10.1. The SMILES string of the molecule is CN=C(NCc1ccc(S(=O)(=O)NC)cc1)N1CCC(CSc2ccccc2)C1. The average molecular weight is 433 g/mol. The predicted molar refractivity (Wildman–Crippen MR) is 120 cm³/mol. The maximum absolute atomic E-state index is 11.8. The number of benzene rings is 2. The number of nitrogens with zero attached hydrogens (tertiary/aromatic N) is 2. The summed E-state index contributed by atoms with van der Waals surface area (Å²) in [5.74, 6) is 2.65. The number of rotatable bonds is 7. The van der Waals surface area contributed by atoms with Crippen molar-refractivity contribution in [3.8, 4) is 0 Å². The molecule has 1 aliphatic heterocycles. The molecule has 0 bridgehead atoms. The van der Waals surface area contributed by atoms with Gasteiger partial charge in [-0.25, -0.2) is 13.1 Å². The minimum Gasteiger partial charge on any atom is -0.352 e. The monoisotopic (exact) mass is 432 g/mol. The van der Waals surface area contributed by atoms with E-state index in [1.165, 1.54) is 11.9 Å². The van der Waals surface area contributed by atoms with Gasteiger partial charge in [0.05, 0.1) is 4.90 Å². The van der Waals surface area contributed by atoms with Crippen LogP contribution >= 0.6 is 11.8 Å². The van der Waals surface area contributed by atoms with Gasteiger partial charge in [0.25, 0.3) is 0 Å². The summed E-state index contributed by atoms with van der Waals surface area (Å²) in [5.41, 5.74) is 1.01. The van der Waals surface area contributed by atoms with E-state index in [0.29, 0.717) is 12.5 Å². The third-order valence-electron chi connectivity index (χ3n) is 4.98. The Hall–Kier alpha value is -2.03. The Morgan fingerprint density at radius 3 is 2.55 bits per heavy atom. The minimum atomic E-state index is -3.40. The summed E-state index contributed by atoms with van der Waals surface area (Å²) in [6.07, 6.45) is 1.16. The Labute approximate surface area is 177 Å². The molecule has 1 aliphatic rings. The Bertz CT molecular complexity index is 915. The van der Waals surface area contributed by atoms with Gasteiger partial charge in [0, 0.05) is 37.3 Å². The first-order valence-corrected chi connectivity index (χ1v) is 12.1. The van der Waals surface area contributed by atoms with Crippen LogP contribution < -0.4 is 10.0 Å². The first kappa shape index (κ1) is 21.7. The number of hydrogen-bond donors (Lipinski definition) is 2. The fourth-order valence-electron chi connectivity index (χ4n) is 3.31. The summed E-state index contributed by atoms with van der Waals surface area (Å²) in [7, 11) is -0.184. The van der Waals surface area contributed by atoms with Crippen molar-refractivity contribution in [3.63, 3.8) is 0 Å². The maximum atomic E-state index is 11.8. The van der Waals surface area contributed by atoms with Gasteiger partial charge in [-0.2, -0.15) is 0 Å². The van der Waals surface area contributed by atoms with E-state index in [2.05, 4.69) is 44.2 Å². The van der Waals surface area contributed by atoms with E-state index in [4.69, 9.17) is 0 Å². The summed E-state index contributed by atoms with van der Waals surface area (Å²) in [6.45, 7) is 2.60. The molecular weight excluding hydrogens is 404 g/mol. The third-order valence-corrected chi connectivity index (χ3v) is 7.65. The number of likely N-dealkylation sites (tertiary alicyclic amines) is 1. The van der Waals surface area contributed by atoms with E-state index in [1.807, 2.05) is 30.0 Å². The summed E-state index contributed by atoms with van der Waals surface area (Å²) in [5, 5.41) is 3.40. The van der Waals surface area contributed by atoms with Gasteiger partial charge in [0.1, 0.15) is 0 Å². The molecule has 1 unspecified atom stereocenters. The maximum Gasteiger partial charge on any atom is 0.240 e. The number of guanidine groups is 1. The van der Waals surface area contributed by atoms with E-state index in [-0.39, 0.29) is 4.90 Å². The van der Waals surface area contributed by atoms with Crippen molar-refractivity contribution < 1.29 is 8.42 Å². The molecule has 1 fully saturated rings. The first-order valence-electron chi connectivity index (χ1n) is 9.68. The van der Waals surface area contributed by atoms with Crippen LogP contribution in [-0.4, -0.2) is 52.2 Å². The van der Waals surface area contributed by atoms with E-state index in [0.717, 1.165) is 36.8 Å². The minimum absolute atomic E-state index is 0.270. The molecule has 0 amide bonds. The van der Waals surface area contributed by atoms with Crippen LogP contribution in [0.4, 0.5) is 0 Å². The molecule has 1 heterocycles. The molecular formula is C21H28N4O2S2. The molecule has 2 aromatic rings. The molecule has 156 valence electrons. The first-order chi connectivity index (χ1) is 14.0. The van der Waals surface area contributed by atoms with E-state index >= 15 is 0 Å². The second-order valence-electron chi connectivity index (χ2n) is 6.98. The summed E-state index contributed by atoms with van der Waals surface area (Å²) in [6, 6.07) is 17.4. The van der Waals surface area contributed by atoms with Gasteiger partial charge >= 0.3 is 0 Å². The van der Waals surface area contributed by atoms with Crippen LogP contribution in [-0.2, 0) is 16.6 Å². The molecule has 3 rings (SSSR count). The highest BCUT2D eigenvalue weighted by atomic mass is 32.2. The Morgan fingerprint density at radius 2 is 1.90 bits per heavy atom. The van der Waals surface area contributed by atoms with E-state index in [9.17, 15) is 8.42 Å². The van der Waals surface area contributed by atoms with E-state index in [1.54, 1.807) is 19.2 Å². The normalized spacial score (nSPS) is 17.5. The lowest BCUT2D eigenvalue weighted by Gasteiger charge is -2.22. The Balaban J connectivity index is 1.49. The zero-order valence-electron chi connectivity index (χ0n) is 16.8. The van der Waals surface area contributed by atoms with Crippen LogP contribution in [0.15, 0.2) is 69.4 Å². The van der Waals surface area contributed by atoms with Crippen LogP contribution in [0.5, 0.6) is 0 Å². The molecule has 0 aromatic heterocycles. The van der Waals surface area contributed by atoms with Crippen molar-refractivity contribution in [2.24, 2.45) is 10.9 Å². The molecule has 8 heteroatoms. The molecule has 29 heavy (non-hydrogen) atoms. The Morgan fingerprint density at radius 1 is 1.17 bits per heavy atom. The smallest absolute Gasteiger partial charge is 0.240 e. The van der Waals surface area contributed by atoms with Gasteiger partial charge < -0.3 is 10.2 Å². The summed E-state index contributed by atoms with van der Waals surface area (Å²) in [4.78, 5) is 8.32. The van der Waals surface area contributed by atoms with Crippen molar-refractivity contribution in [1.29, 1.82) is 0 Å². The second-order valence-corrected chi connectivity index (χ2v) is 9.96. The number of nitrogens with one attached hydrogen (secondary N) is 2. The highest BCUT2D eigenvalue weighted by Gasteiger charge is 2.24. The number of hydrogen-bond acceptors (Lipinski definition) is 4. The van der Waals surface area contributed by atoms with Gasteiger partial charge in [-0.1, -0.05) is 30.3 Å². The molecule has 6 nitrogen and oxygen atoms in total. The van der Waals surface area contributed by atoms with Gasteiger partial charge in [0.15, 0.2) is 5.96 Å². The van der Waals surface area contributed by atoms with Crippen molar-refractivity contribution in [2.45, 2.75) is 22.8 Å². The fourth-order valence-corrected chi connectivity index (χ4v) is 5.09. The lowest BCUT2D eigenvalue weighted by Crippen LogP contribution is -2.39. The largest absolute Gasteiger partial charge is 0.352 e. The fraction of sp³-hybridized carbons (Fsp3) is 0.381. The van der Waals surface area contributed by atoms with Crippen molar-refractivity contribution in [3.05, 3.63) is 60.2 Å². The quantitative estimate of drug-likeness (QED) is 0.400. The van der Waals surface area contributed by atoms with Crippen molar-refractivity contribution in [2.75, 3.05) is 32.9 Å². The topological polar surface area (TPSA) is 73.8 Å².